The number of methoxy groups -OCH3 is 2. The summed E-state index contributed by atoms with van der Waals surface area (Å²) in [5.41, 5.74) is 2.31. The van der Waals surface area contributed by atoms with Crippen LogP contribution in [0.4, 0.5) is 5.69 Å². The number of nitrogens with one attached hydrogen (secondary N) is 2. The Morgan fingerprint density at radius 3 is 2.55 bits per heavy atom. The van der Waals surface area contributed by atoms with Gasteiger partial charge in [-0.1, -0.05) is 30.0 Å². The third kappa shape index (κ3) is 5.37. The highest BCUT2D eigenvalue weighted by Gasteiger charge is 2.31. The number of benzene rings is 2. The molecule has 0 radical (unpaired) electrons. The number of anilines is 1. The number of carboxylic acid groups (broad SMARTS) is 1. The molecule has 3 rings (SSSR count). The molecule has 3 N–H and O–H groups in total. The number of ether oxygens (including phenoxy) is 2. The maximum Gasteiger partial charge on any atom is 0.313 e. The Hall–Kier alpha value is -3.46. The van der Waals surface area contributed by atoms with E-state index >= 15 is 0 Å². The summed E-state index contributed by atoms with van der Waals surface area (Å²) in [6.45, 7) is 1.76. The summed E-state index contributed by atoms with van der Waals surface area (Å²) in [6, 6.07) is 13.7. The van der Waals surface area contributed by atoms with Gasteiger partial charge in [0.25, 0.3) is 5.91 Å². The van der Waals surface area contributed by atoms with Crippen molar-refractivity contribution in [2.24, 2.45) is 4.99 Å². The van der Waals surface area contributed by atoms with E-state index in [4.69, 9.17) is 14.6 Å². The average Bonchev–Trinajstić information content (AvgIpc) is 2.77. The van der Waals surface area contributed by atoms with E-state index in [-0.39, 0.29) is 11.7 Å². The smallest absolute Gasteiger partial charge is 0.313 e. The lowest BCUT2D eigenvalue weighted by atomic mass is 9.95. The van der Waals surface area contributed by atoms with Gasteiger partial charge in [-0.25, -0.2) is 4.99 Å². The van der Waals surface area contributed by atoms with Gasteiger partial charge in [-0.05, 0) is 31.2 Å². The molecule has 1 amide bonds. The van der Waals surface area contributed by atoms with Crippen LogP contribution in [0.15, 0.2) is 64.8 Å². The summed E-state index contributed by atoms with van der Waals surface area (Å²) in [7, 11) is 3.09. The van der Waals surface area contributed by atoms with Gasteiger partial charge in [0.05, 0.1) is 25.5 Å². The van der Waals surface area contributed by atoms with E-state index in [2.05, 4.69) is 15.6 Å². The highest BCUT2D eigenvalue weighted by atomic mass is 32.2. The molecule has 9 heteroatoms. The third-order valence-corrected chi connectivity index (χ3v) is 5.43. The first-order chi connectivity index (χ1) is 14.9. The van der Waals surface area contributed by atoms with Crippen LogP contribution >= 0.6 is 11.8 Å². The Morgan fingerprint density at radius 2 is 1.90 bits per heavy atom. The Bertz CT molecular complexity index is 1040. The molecule has 0 saturated carbocycles. The molecule has 1 heterocycles. The van der Waals surface area contributed by atoms with Gasteiger partial charge in [0.1, 0.15) is 17.5 Å². The zero-order valence-corrected chi connectivity index (χ0v) is 18.2. The predicted octanol–water partition coefficient (Wildman–Crippen LogP) is 3.43. The molecular weight excluding hydrogens is 418 g/mol. The minimum atomic E-state index is -0.956. The topological polar surface area (TPSA) is 109 Å². The summed E-state index contributed by atoms with van der Waals surface area (Å²) in [6.07, 6.45) is 0. The van der Waals surface area contributed by atoms with Crippen LogP contribution in [0.1, 0.15) is 18.5 Å². The van der Waals surface area contributed by atoms with Gasteiger partial charge in [-0.15, -0.1) is 0 Å². The summed E-state index contributed by atoms with van der Waals surface area (Å²) >= 11 is 1.05. The summed E-state index contributed by atoms with van der Waals surface area (Å²) in [4.78, 5) is 28.9. The molecule has 0 spiro atoms. The third-order valence-electron chi connectivity index (χ3n) is 4.56. The number of carbonyl (C=O) groups excluding carboxylic acids is 1. The van der Waals surface area contributed by atoms with Crippen molar-refractivity contribution in [2.45, 2.75) is 13.0 Å². The van der Waals surface area contributed by atoms with E-state index in [0.717, 1.165) is 11.8 Å². The maximum absolute atomic E-state index is 13.2. The Kier molecular flexibility index (Phi) is 7.19. The number of thioether (sulfide) groups is 1. The van der Waals surface area contributed by atoms with E-state index in [1.165, 1.54) is 7.11 Å². The molecule has 0 bridgehead atoms. The first kappa shape index (κ1) is 22.2. The molecule has 1 atom stereocenters. The van der Waals surface area contributed by atoms with Crippen LogP contribution < -0.4 is 20.1 Å². The number of carbonyl (C=O) groups is 2. The molecule has 2 aromatic carbocycles. The van der Waals surface area contributed by atoms with Crippen LogP contribution in [0.25, 0.3) is 0 Å². The van der Waals surface area contributed by atoms with Crippen molar-refractivity contribution in [1.82, 2.24) is 5.32 Å². The van der Waals surface area contributed by atoms with E-state index in [1.807, 2.05) is 18.2 Å². The summed E-state index contributed by atoms with van der Waals surface area (Å²) < 4.78 is 10.8. The molecule has 0 saturated heterocycles. The van der Waals surface area contributed by atoms with Crippen molar-refractivity contribution in [3.05, 3.63) is 65.4 Å². The number of amidine groups is 1. The van der Waals surface area contributed by atoms with Crippen LogP contribution in [0.5, 0.6) is 11.5 Å². The second-order valence-corrected chi connectivity index (χ2v) is 7.57. The number of hydrogen-bond donors (Lipinski definition) is 3. The normalized spacial score (nSPS) is 15.6. The van der Waals surface area contributed by atoms with Gasteiger partial charge in [0, 0.05) is 23.0 Å². The Labute approximate surface area is 184 Å². The Balaban J connectivity index is 2.02. The molecular formula is C22H23N3O5S. The number of aliphatic carboxylic acids is 1. The summed E-state index contributed by atoms with van der Waals surface area (Å²) in [5.74, 6) is -0.310. The molecule has 2 aromatic rings. The minimum absolute atomic E-state index is 0.156. The fraction of sp³-hybridized carbons (Fsp3) is 0.227. The van der Waals surface area contributed by atoms with Crippen LogP contribution in [0.3, 0.4) is 0 Å². The molecule has 0 aromatic heterocycles. The van der Waals surface area contributed by atoms with Crippen molar-refractivity contribution >= 4 is 34.5 Å². The fourth-order valence-corrected chi connectivity index (χ4v) is 3.80. The lowest BCUT2D eigenvalue weighted by Gasteiger charge is -2.27. The van der Waals surface area contributed by atoms with E-state index in [9.17, 15) is 9.59 Å². The zero-order valence-electron chi connectivity index (χ0n) is 17.3. The van der Waals surface area contributed by atoms with Gasteiger partial charge in [-0.2, -0.15) is 0 Å². The fourth-order valence-electron chi connectivity index (χ4n) is 3.13. The number of amides is 1. The van der Waals surface area contributed by atoms with Gasteiger partial charge in [0.2, 0.25) is 0 Å². The van der Waals surface area contributed by atoms with Crippen LogP contribution in [0.2, 0.25) is 0 Å². The second-order valence-electron chi connectivity index (χ2n) is 6.61. The monoisotopic (exact) mass is 441 g/mol. The molecule has 0 aliphatic carbocycles. The number of nitrogens with zero attached hydrogens (tertiary/aromatic N) is 1. The minimum Gasteiger partial charge on any atom is -0.497 e. The van der Waals surface area contributed by atoms with Crippen molar-refractivity contribution in [2.75, 3.05) is 25.3 Å². The Morgan fingerprint density at radius 1 is 1.16 bits per heavy atom. The maximum atomic E-state index is 13.2. The number of para-hydroxylation sites is 1. The predicted molar refractivity (Wildman–Crippen MR) is 121 cm³/mol. The lowest BCUT2D eigenvalue weighted by Crippen LogP contribution is -2.32. The standard InChI is InChI=1S/C22H23N3O5S/c1-13-19(21(28)24-14-7-5-4-6-8-14)20(25-22(23-13)31-12-18(26)27)16-10-9-15(29-2)11-17(16)30-3/h4-11,20H,12H2,1-3H3,(H,23,25)(H,24,28)(H,26,27)/t20-/m0/s1. The molecule has 1 aliphatic heterocycles. The molecule has 162 valence electrons. The highest BCUT2D eigenvalue weighted by molar-refractivity contribution is 8.14. The lowest BCUT2D eigenvalue weighted by molar-refractivity contribution is -0.133. The molecule has 31 heavy (non-hydrogen) atoms. The molecule has 8 nitrogen and oxygen atoms in total. The molecule has 0 fully saturated rings. The van der Waals surface area contributed by atoms with Crippen LogP contribution in [-0.2, 0) is 9.59 Å². The first-order valence-corrected chi connectivity index (χ1v) is 10.4. The van der Waals surface area contributed by atoms with Gasteiger partial charge in [-0.3, -0.25) is 9.59 Å². The second kappa shape index (κ2) is 10.0. The van der Waals surface area contributed by atoms with Crippen molar-refractivity contribution in [1.29, 1.82) is 0 Å². The number of allylic oxidation sites excluding steroid dienone is 1. The van der Waals surface area contributed by atoms with Crippen LogP contribution in [-0.4, -0.2) is 42.1 Å². The quantitative estimate of drug-likeness (QED) is 0.604. The van der Waals surface area contributed by atoms with E-state index in [0.29, 0.717) is 39.2 Å². The highest BCUT2D eigenvalue weighted by Crippen LogP contribution is 2.39. The number of hydrogen-bond acceptors (Lipinski definition) is 7. The van der Waals surface area contributed by atoms with Gasteiger partial charge in [0.15, 0.2) is 5.17 Å². The number of carboxylic acids is 1. The largest absolute Gasteiger partial charge is 0.497 e. The van der Waals surface area contributed by atoms with E-state index < -0.39 is 12.0 Å². The van der Waals surface area contributed by atoms with Crippen molar-refractivity contribution in [3.8, 4) is 11.5 Å². The van der Waals surface area contributed by atoms with Gasteiger partial charge >= 0.3 is 5.97 Å². The first-order valence-electron chi connectivity index (χ1n) is 9.41. The van der Waals surface area contributed by atoms with Gasteiger partial charge < -0.3 is 25.2 Å². The van der Waals surface area contributed by atoms with E-state index in [1.54, 1.807) is 44.4 Å². The molecule has 0 unspecified atom stereocenters. The van der Waals surface area contributed by atoms with Crippen molar-refractivity contribution < 1.29 is 24.2 Å². The average molecular weight is 442 g/mol. The van der Waals surface area contributed by atoms with Crippen LogP contribution in [0, 0.1) is 0 Å². The number of rotatable bonds is 7. The number of aliphatic imine (C=N–C) groups is 1. The zero-order chi connectivity index (χ0) is 22.4. The summed E-state index contributed by atoms with van der Waals surface area (Å²) in [5, 5.41) is 15.4. The van der Waals surface area contributed by atoms with Crippen molar-refractivity contribution in [3.63, 3.8) is 0 Å². The SMILES string of the molecule is COc1ccc([C@@H]2N=C(SCC(=O)O)NC(C)=C2C(=O)Nc2ccccc2)c(OC)c1. The molecule has 1 aliphatic rings.